The highest BCUT2D eigenvalue weighted by molar-refractivity contribution is 5.78. The quantitative estimate of drug-likeness (QED) is 0.780. The first-order valence-corrected chi connectivity index (χ1v) is 7.31. The number of fused-ring (bicyclic) bond motifs is 1. The normalized spacial score (nSPS) is 30.2. The summed E-state index contributed by atoms with van der Waals surface area (Å²) in [5.74, 6) is 1.43. The number of hydrogen-bond donors (Lipinski definition) is 2. The lowest BCUT2D eigenvalue weighted by Gasteiger charge is -2.24. The first kappa shape index (κ1) is 13.8. The smallest absolute Gasteiger partial charge is 0.234 e. The molecule has 2 aliphatic heterocycles. The molecule has 2 aliphatic rings. The van der Waals surface area contributed by atoms with E-state index in [4.69, 9.17) is 0 Å². The van der Waals surface area contributed by atoms with Gasteiger partial charge in [0.05, 0.1) is 6.54 Å². The van der Waals surface area contributed by atoms with Gasteiger partial charge in [-0.25, -0.2) is 0 Å². The molecule has 0 aliphatic carbocycles. The van der Waals surface area contributed by atoms with Gasteiger partial charge in [0, 0.05) is 25.2 Å². The van der Waals surface area contributed by atoms with Gasteiger partial charge in [0.15, 0.2) is 0 Å². The summed E-state index contributed by atoms with van der Waals surface area (Å²) in [4.78, 5) is 14.2. The molecule has 2 rings (SSSR count). The Bertz CT molecular complexity index is 279. The van der Waals surface area contributed by atoms with Crippen LogP contribution in [-0.4, -0.2) is 49.1 Å². The maximum atomic E-state index is 11.9. The summed E-state index contributed by atoms with van der Waals surface area (Å²) < 4.78 is 0. The van der Waals surface area contributed by atoms with Gasteiger partial charge >= 0.3 is 0 Å². The second kappa shape index (κ2) is 6.02. The largest absolute Gasteiger partial charge is 0.352 e. The lowest BCUT2D eigenvalue weighted by molar-refractivity contribution is -0.122. The zero-order chi connectivity index (χ0) is 13.1. The van der Waals surface area contributed by atoms with Gasteiger partial charge in [-0.05, 0) is 38.1 Å². The van der Waals surface area contributed by atoms with Gasteiger partial charge in [0.2, 0.25) is 5.91 Å². The van der Waals surface area contributed by atoms with E-state index >= 15 is 0 Å². The van der Waals surface area contributed by atoms with E-state index in [1.807, 2.05) is 0 Å². The SMILES string of the molecule is CC(C)C(C)NC(=O)CN1C[C@@H]2CCCN[C@@H]2C1. The predicted molar refractivity (Wildman–Crippen MR) is 73.4 cm³/mol. The van der Waals surface area contributed by atoms with Crippen LogP contribution < -0.4 is 10.6 Å². The highest BCUT2D eigenvalue weighted by Crippen LogP contribution is 2.24. The van der Waals surface area contributed by atoms with Gasteiger partial charge in [-0.3, -0.25) is 9.69 Å². The molecule has 0 saturated carbocycles. The average Bonchev–Trinajstić information content (AvgIpc) is 2.70. The molecule has 0 radical (unpaired) electrons. The molecule has 1 amide bonds. The summed E-state index contributed by atoms with van der Waals surface area (Å²) in [6.45, 7) is 10.2. The van der Waals surface area contributed by atoms with Crippen molar-refractivity contribution in [2.75, 3.05) is 26.2 Å². The van der Waals surface area contributed by atoms with E-state index in [2.05, 4.69) is 36.3 Å². The van der Waals surface area contributed by atoms with E-state index < -0.39 is 0 Å². The second-order valence-corrected chi connectivity index (χ2v) is 6.26. The number of nitrogens with zero attached hydrogens (tertiary/aromatic N) is 1. The van der Waals surface area contributed by atoms with E-state index in [-0.39, 0.29) is 11.9 Å². The van der Waals surface area contributed by atoms with Crippen LogP contribution >= 0.6 is 0 Å². The second-order valence-electron chi connectivity index (χ2n) is 6.26. The lowest BCUT2D eigenvalue weighted by atomic mass is 9.94. The Morgan fingerprint density at radius 1 is 1.39 bits per heavy atom. The van der Waals surface area contributed by atoms with Crippen molar-refractivity contribution in [3.05, 3.63) is 0 Å². The summed E-state index contributed by atoms with van der Waals surface area (Å²) >= 11 is 0. The third-order valence-corrected chi connectivity index (χ3v) is 4.43. The molecule has 0 aromatic heterocycles. The molecular formula is C14H27N3O. The van der Waals surface area contributed by atoms with Gasteiger partial charge in [-0.1, -0.05) is 13.8 Å². The molecule has 4 heteroatoms. The average molecular weight is 253 g/mol. The van der Waals surface area contributed by atoms with Crippen molar-refractivity contribution in [2.45, 2.75) is 45.7 Å². The zero-order valence-corrected chi connectivity index (χ0v) is 11.9. The first-order chi connectivity index (χ1) is 8.56. The van der Waals surface area contributed by atoms with E-state index in [1.165, 1.54) is 12.8 Å². The van der Waals surface area contributed by atoms with Crippen molar-refractivity contribution in [1.29, 1.82) is 0 Å². The Hall–Kier alpha value is -0.610. The van der Waals surface area contributed by atoms with E-state index in [9.17, 15) is 4.79 Å². The summed E-state index contributed by atoms with van der Waals surface area (Å²) in [5.41, 5.74) is 0. The van der Waals surface area contributed by atoms with Crippen LogP contribution in [0.25, 0.3) is 0 Å². The summed E-state index contributed by atoms with van der Waals surface area (Å²) in [6, 6.07) is 0.884. The number of hydrogen-bond acceptors (Lipinski definition) is 3. The van der Waals surface area contributed by atoms with Crippen LogP contribution in [0.1, 0.15) is 33.6 Å². The third kappa shape index (κ3) is 3.45. The highest BCUT2D eigenvalue weighted by Gasteiger charge is 2.34. The number of amides is 1. The van der Waals surface area contributed by atoms with Crippen molar-refractivity contribution >= 4 is 5.91 Å². The Morgan fingerprint density at radius 3 is 2.83 bits per heavy atom. The van der Waals surface area contributed by atoms with Crippen LogP contribution in [0.15, 0.2) is 0 Å². The standard InChI is InChI=1S/C14H27N3O/c1-10(2)11(3)16-14(18)9-17-7-12-5-4-6-15-13(12)8-17/h10-13,15H,4-9H2,1-3H3,(H,16,18)/t11?,12-,13+/m0/s1. The van der Waals surface area contributed by atoms with Crippen LogP contribution in [0.3, 0.4) is 0 Å². The topological polar surface area (TPSA) is 44.4 Å². The van der Waals surface area contributed by atoms with Crippen LogP contribution in [0.2, 0.25) is 0 Å². The molecule has 2 heterocycles. The molecule has 0 spiro atoms. The number of carbonyl (C=O) groups excluding carboxylic acids is 1. The van der Waals surface area contributed by atoms with E-state index in [0.717, 1.165) is 25.6 Å². The van der Waals surface area contributed by atoms with Crippen LogP contribution in [0, 0.1) is 11.8 Å². The minimum atomic E-state index is 0.176. The molecule has 2 saturated heterocycles. The third-order valence-electron chi connectivity index (χ3n) is 4.43. The maximum absolute atomic E-state index is 11.9. The van der Waals surface area contributed by atoms with Crippen LogP contribution in [-0.2, 0) is 4.79 Å². The molecule has 2 N–H and O–H groups in total. The monoisotopic (exact) mass is 253 g/mol. The van der Waals surface area contributed by atoms with Crippen molar-refractivity contribution in [3.8, 4) is 0 Å². The van der Waals surface area contributed by atoms with Crippen LogP contribution in [0.5, 0.6) is 0 Å². The maximum Gasteiger partial charge on any atom is 0.234 e. The fourth-order valence-electron chi connectivity index (χ4n) is 2.93. The predicted octanol–water partition coefficient (Wildman–Crippen LogP) is 0.831. The van der Waals surface area contributed by atoms with Crippen molar-refractivity contribution in [3.63, 3.8) is 0 Å². The summed E-state index contributed by atoms with van der Waals surface area (Å²) in [7, 11) is 0. The molecule has 1 unspecified atom stereocenters. The number of nitrogens with one attached hydrogen (secondary N) is 2. The number of likely N-dealkylation sites (tertiary alicyclic amines) is 1. The highest BCUT2D eigenvalue weighted by atomic mass is 16.2. The number of rotatable bonds is 4. The van der Waals surface area contributed by atoms with Crippen molar-refractivity contribution < 1.29 is 4.79 Å². The number of piperidine rings is 1. The fourth-order valence-corrected chi connectivity index (χ4v) is 2.93. The molecule has 104 valence electrons. The van der Waals surface area contributed by atoms with E-state index in [1.54, 1.807) is 0 Å². The molecule has 18 heavy (non-hydrogen) atoms. The lowest BCUT2D eigenvalue weighted by Crippen LogP contribution is -2.43. The molecule has 0 aromatic carbocycles. The Morgan fingerprint density at radius 2 is 2.17 bits per heavy atom. The van der Waals surface area contributed by atoms with E-state index in [0.29, 0.717) is 18.5 Å². The summed E-state index contributed by atoms with van der Waals surface area (Å²) in [5, 5.41) is 6.66. The Labute approximate surface area is 110 Å². The molecule has 2 fully saturated rings. The molecule has 0 bridgehead atoms. The van der Waals surface area contributed by atoms with Gasteiger partial charge in [-0.2, -0.15) is 0 Å². The summed E-state index contributed by atoms with van der Waals surface area (Å²) in [6.07, 6.45) is 2.60. The van der Waals surface area contributed by atoms with Gasteiger partial charge in [-0.15, -0.1) is 0 Å². The zero-order valence-electron chi connectivity index (χ0n) is 11.9. The minimum Gasteiger partial charge on any atom is -0.352 e. The fraction of sp³-hybridized carbons (Fsp3) is 0.929. The van der Waals surface area contributed by atoms with Crippen LogP contribution in [0.4, 0.5) is 0 Å². The molecule has 4 nitrogen and oxygen atoms in total. The van der Waals surface area contributed by atoms with Gasteiger partial charge in [0.1, 0.15) is 0 Å². The van der Waals surface area contributed by atoms with Gasteiger partial charge < -0.3 is 10.6 Å². The number of carbonyl (C=O) groups is 1. The molecular weight excluding hydrogens is 226 g/mol. The van der Waals surface area contributed by atoms with Gasteiger partial charge in [0.25, 0.3) is 0 Å². The Kier molecular flexibility index (Phi) is 4.62. The van der Waals surface area contributed by atoms with Crippen molar-refractivity contribution in [1.82, 2.24) is 15.5 Å². The molecule has 0 aromatic rings. The molecule has 3 atom stereocenters. The minimum absolute atomic E-state index is 0.176. The first-order valence-electron chi connectivity index (χ1n) is 7.31. The van der Waals surface area contributed by atoms with Crippen molar-refractivity contribution in [2.24, 2.45) is 11.8 Å². The Balaban J connectivity index is 1.75.